The van der Waals surface area contributed by atoms with Crippen LogP contribution in [0.5, 0.6) is 0 Å². The van der Waals surface area contributed by atoms with E-state index in [4.69, 9.17) is 11.6 Å². The van der Waals surface area contributed by atoms with E-state index in [1.165, 1.54) is 0 Å². The zero-order valence-corrected chi connectivity index (χ0v) is 12.2. The molecule has 20 heavy (non-hydrogen) atoms. The van der Waals surface area contributed by atoms with Gasteiger partial charge in [-0.1, -0.05) is 18.5 Å². The summed E-state index contributed by atoms with van der Waals surface area (Å²) in [7, 11) is 1.93. The predicted octanol–water partition coefficient (Wildman–Crippen LogP) is 3.03. The van der Waals surface area contributed by atoms with Gasteiger partial charge in [0.2, 0.25) is 5.91 Å². The van der Waals surface area contributed by atoms with E-state index in [1.807, 2.05) is 24.6 Å². The summed E-state index contributed by atoms with van der Waals surface area (Å²) < 4.78 is 1.93. The van der Waals surface area contributed by atoms with Crippen molar-refractivity contribution in [2.45, 2.75) is 19.9 Å². The Labute approximate surface area is 123 Å². The molecular weight excluding hydrogens is 276 g/mol. The van der Waals surface area contributed by atoms with Crippen LogP contribution in [-0.4, -0.2) is 15.5 Å². The van der Waals surface area contributed by atoms with E-state index in [0.29, 0.717) is 18.0 Å². The summed E-state index contributed by atoms with van der Waals surface area (Å²) in [4.78, 5) is 15.4. The van der Waals surface area contributed by atoms with E-state index >= 15 is 0 Å². The van der Waals surface area contributed by atoms with Crippen molar-refractivity contribution in [3.8, 4) is 0 Å². The van der Waals surface area contributed by atoms with Crippen LogP contribution in [0.15, 0.2) is 30.7 Å². The molecule has 1 amide bonds. The van der Waals surface area contributed by atoms with Gasteiger partial charge in [-0.05, 0) is 18.2 Å². The molecule has 2 aromatic rings. The fourth-order valence-corrected chi connectivity index (χ4v) is 1.91. The third-order valence-corrected chi connectivity index (χ3v) is 3.28. The van der Waals surface area contributed by atoms with Crippen LogP contribution in [0.25, 0.3) is 0 Å². The van der Waals surface area contributed by atoms with Crippen LogP contribution in [0.3, 0.4) is 0 Å². The number of aryl methyl sites for hydroxylation is 1. The van der Waals surface area contributed by atoms with Gasteiger partial charge in [-0.3, -0.25) is 4.79 Å². The Hall–Kier alpha value is -2.01. The van der Waals surface area contributed by atoms with E-state index in [2.05, 4.69) is 15.6 Å². The maximum Gasteiger partial charge on any atom is 0.224 e. The second-order valence-electron chi connectivity index (χ2n) is 4.45. The summed E-state index contributed by atoms with van der Waals surface area (Å²) in [6.45, 7) is 2.42. The lowest BCUT2D eigenvalue weighted by Gasteiger charge is -2.11. The van der Waals surface area contributed by atoms with Gasteiger partial charge in [-0.25, -0.2) is 4.98 Å². The first kappa shape index (κ1) is 14.4. The number of carbonyl (C=O) groups excluding carboxylic acids is 1. The highest BCUT2D eigenvalue weighted by atomic mass is 35.5. The van der Waals surface area contributed by atoms with Gasteiger partial charge in [0.25, 0.3) is 0 Å². The number of nitrogens with zero attached hydrogens (tertiary/aromatic N) is 2. The van der Waals surface area contributed by atoms with Crippen LogP contribution in [0.2, 0.25) is 5.02 Å². The zero-order chi connectivity index (χ0) is 14.5. The van der Waals surface area contributed by atoms with Gasteiger partial charge in [0.1, 0.15) is 0 Å². The molecule has 0 saturated carbocycles. The summed E-state index contributed by atoms with van der Waals surface area (Å²) in [6.07, 6.45) is 3.99. The van der Waals surface area contributed by atoms with Crippen molar-refractivity contribution in [1.82, 2.24) is 9.55 Å². The largest absolute Gasteiger partial charge is 0.378 e. The van der Waals surface area contributed by atoms with Gasteiger partial charge in [0.05, 0.1) is 29.3 Å². The highest BCUT2D eigenvalue weighted by Crippen LogP contribution is 2.26. The van der Waals surface area contributed by atoms with Gasteiger partial charge in [0.15, 0.2) is 0 Å². The second kappa shape index (κ2) is 6.43. The molecule has 1 heterocycles. The molecule has 0 aliphatic carbocycles. The van der Waals surface area contributed by atoms with E-state index < -0.39 is 0 Å². The molecule has 0 bridgehead atoms. The van der Waals surface area contributed by atoms with Crippen molar-refractivity contribution in [2.75, 3.05) is 10.6 Å². The molecule has 106 valence electrons. The fourth-order valence-electron chi connectivity index (χ4n) is 1.73. The SMILES string of the molecule is CCC(=O)Nc1ccc(Cl)c(NCc2cncn2C)c1. The Morgan fingerprint density at radius 1 is 1.45 bits per heavy atom. The van der Waals surface area contributed by atoms with Crippen LogP contribution in [0.1, 0.15) is 19.0 Å². The zero-order valence-electron chi connectivity index (χ0n) is 11.5. The van der Waals surface area contributed by atoms with Gasteiger partial charge >= 0.3 is 0 Å². The van der Waals surface area contributed by atoms with Crippen molar-refractivity contribution >= 4 is 28.9 Å². The van der Waals surface area contributed by atoms with E-state index in [1.54, 1.807) is 24.7 Å². The first-order chi connectivity index (χ1) is 9.60. The molecule has 0 radical (unpaired) electrons. The molecule has 1 aromatic heterocycles. The minimum absolute atomic E-state index is 0.0232. The Morgan fingerprint density at radius 2 is 2.25 bits per heavy atom. The molecule has 0 atom stereocenters. The third kappa shape index (κ3) is 3.51. The summed E-state index contributed by atoms with van der Waals surface area (Å²) in [6, 6.07) is 5.37. The normalized spacial score (nSPS) is 10.3. The molecule has 0 spiro atoms. The maximum atomic E-state index is 11.4. The van der Waals surface area contributed by atoms with Crippen LogP contribution in [-0.2, 0) is 18.4 Å². The van der Waals surface area contributed by atoms with E-state index in [0.717, 1.165) is 17.1 Å². The van der Waals surface area contributed by atoms with Crippen molar-refractivity contribution in [2.24, 2.45) is 7.05 Å². The summed E-state index contributed by atoms with van der Waals surface area (Å²) in [5, 5.41) is 6.67. The van der Waals surface area contributed by atoms with Gasteiger partial charge in [-0.2, -0.15) is 0 Å². The van der Waals surface area contributed by atoms with Crippen LogP contribution in [0, 0.1) is 0 Å². The number of nitrogens with one attached hydrogen (secondary N) is 2. The van der Waals surface area contributed by atoms with Crippen molar-refractivity contribution < 1.29 is 4.79 Å². The standard InChI is InChI=1S/C14H17ClN4O/c1-3-14(20)18-10-4-5-12(15)13(6-10)17-8-11-7-16-9-19(11)2/h4-7,9,17H,3,8H2,1-2H3,(H,18,20). The molecule has 0 aliphatic rings. The lowest BCUT2D eigenvalue weighted by atomic mass is 10.2. The summed E-state index contributed by atoms with van der Waals surface area (Å²) in [5.74, 6) is -0.0232. The fraction of sp³-hybridized carbons (Fsp3) is 0.286. The summed E-state index contributed by atoms with van der Waals surface area (Å²) in [5.41, 5.74) is 2.56. The van der Waals surface area contributed by atoms with E-state index in [9.17, 15) is 4.79 Å². The van der Waals surface area contributed by atoms with Gasteiger partial charge in [-0.15, -0.1) is 0 Å². The minimum Gasteiger partial charge on any atom is -0.378 e. The molecule has 0 unspecified atom stereocenters. The van der Waals surface area contributed by atoms with Crippen LogP contribution < -0.4 is 10.6 Å². The van der Waals surface area contributed by atoms with E-state index in [-0.39, 0.29) is 5.91 Å². The average molecular weight is 293 g/mol. The number of amides is 1. The third-order valence-electron chi connectivity index (χ3n) is 2.95. The van der Waals surface area contributed by atoms with Crippen molar-refractivity contribution in [1.29, 1.82) is 0 Å². The first-order valence-electron chi connectivity index (χ1n) is 6.38. The number of anilines is 2. The Morgan fingerprint density at radius 3 is 2.90 bits per heavy atom. The average Bonchev–Trinajstić information content (AvgIpc) is 2.84. The Kier molecular flexibility index (Phi) is 4.63. The Balaban J connectivity index is 2.08. The molecule has 0 aliphatic heterocycles. The lowest BCUT2D eigenvalue weighted by molar-refractivity contribution is -0.115. The molecule has 1 aromatic carbocycles. The number of carbonyl (C=O) groups is 1. The number of imidazole rings is 1. The number of hydrogen-bond acceptors (Lipinski definition) is 3. The maximum absolute atomic E-state index is 11.4. The molecule has 2 rings (SSSR count). The number of aromatic nitrogens is 2. The lowest BCUT2D eigenvalue weighted by Crippen LogP contribution is -2.10. The molecule has 0 fully saturated rings. The molecule has 2 N–H and O–H groups in total. The number of halogens is 1. The number of rotatable bonds is 5. The van der Waals surface area contributed by atoms with Gasteiger partial charge in [0, 0.05) is 25.4 Å². The molecular formula is C14H17ClN4O. The quantitative estimate of drug-likeness (QED) is 0.890. The smallest absolute Gasteiger partial charge is 0.224 e. The Bertz CT molecular complexity index is 609. The molecule has 6 heteroatoms. The predicted molar refractivity (Wildman–Crippen MR) is 80.9 cm³/mol. The number of benzene rings is 1. The van der Waals surface area contributed by atoms with Crippen LogP contribution in [0.4, 0.5) is 11.4 Å². The van der Waals surface area contributed by atoms with Crippen molar-refractivity contribution in [3.05, 3.63) is 41.4 Å². The highest BCUT2D eigenvalue weighted by molar-refractivity contribution is 6.33. The molecule has 0 saturated heterocycles. The second-order valence-corrected chi connectivity index (χ2v) is 4.85. The van der Waals surface area contributed by atoms with Gasteiger partial charge < -0.3 is 15.2 Å². The number of hydrogen-bond donors (Lipinski definition) is 2. The first-order valence-corrected chi connectivity index (χ1v) is 6.76. The minimum atomic E-state index is -0.0232. The topological polar surface area (TPSA) is 59.0 Å². The van der Waals surface area contributed by atoms with Crippen molar-refractivity contribution in [3.63, 3.8) is 0 Å². The summed E-state index contributed by atoms with van der Waals surface area (Å²) >= 11 is 6.15. The monoisotopic (exact) mass is 292 g/mol. The van der Waals surface area contributed by atoms with Crippen LogP contribution >= 0.6 is 11.6 Å². The highest BCUT2D eigenvalue weighted by Gasteiger charge is 2.05. The molecule has 5 nitrogen and oxygen atoms in total.